The van der Waals surface area contributed by atoms with Crippen molar-refractivity contribution in [3.05, 3.63) is 66.0 Å². The number of rotatable bonds is 5. The van der Waals surface area contributed by atoms with Crippen molar-refractivity contribution in [1.82, 2.24) is 0 Å². The number of hydrogen-bond acceptors (Lipinski definition) is 3. The van der Waals surface area contributed by atoms with Crippen LogP contribution in [0.4, 0.5) is 4.39 Å². The van der Waals surface area contributed by atoms with Crippen molar-refractivity contribution < 1.29 is 14.0 Å². The van der Waals surface area contributed by atoms with Crippen molar-refractivity contribution in [2.75, 3.05) is 13.7 Å². The largest absolute Gasteiger partial charge is 0.484 e. The van der Waals surface area contributed by atoms with E-state index in [2.05, 4.69) is 5.16 Å². The Kier molecular flexibility index (Phi) is 4.50. The zero-order chi connectivity index (χ0) is 13.5. The molecule has 0 N–H and O–H groups in total. The van der Waals surface area contributed by atoms with Crippen molar-refractivity contribution in [2.45, 2.75) is 0 Å². The molecule has 3 nitrogen and oxygen atoms in total. The number of ether oxygens (including phenoxy) is 1. The van der Waals surface area contributed by atoms with Crippen LogP contribution in [0.25, 0.3) is 0 Å². The third-order valence-corrected chi connectivity index (χ3v) is 2.51. The van der Waals surface area contributed by atoms with Crippen LogP contribution < -0.4 is 4.74 Å². The first-order valence-electron chi connectivity index (χ1n) is 5.84. The van der Waals surface area contributed by atoms with E-state index in [9.17, 15) is 4.39 Å². The molecule has 4 heteroatoms. The van der Waals surface area contributed by atoms with E-state index in [0.29, 0.717) is 5.71 Å². The Labute approximate surface area is 111 Å². The van der Waals surface area contributed by atoms with Gasteiger partial charge in [0, 0.05) is 5.56 Å². The molecule has 0 bridgehead atoms. The van der Waals surface area contributed by atoms with Crippen LogP contribution >= 0.6 is 0 Å². The van der Waals surface area contributed by atoms with Gasteiger partial charge < -0.3 is 9.57 Å². The molecule has 0 saturated carbocycles. The van der Waals surface area contributed by atoms with Crippen molar-refractivity contribution in [3.63, 3.8) is 0 Å². The molecule has 0 aliphatic heterocycles. The molecule has 0 heterocycles. The number of halogens is 1. The first-order valence-corrected chi connectivity index (χ1v) is 5.84. The van der Waals surface area contributed by atoms with Crippen molar-refractivity contribution in [3.8, 4) is 5.75 Å². The standard InChI is InChI=1S/C15H14FNO2/c1-18-17-14(12-7-3-2-4-8-12)11-19-15-10-6-5-9-13(15)16/h2-10H,11H2,1H3/b17-14+. The Bertz CT molecular complexity index is 555. The minimum Gasteiger partial charge on any atom is -0.484 e. The smallest absolute Gasteiger partial charge is 0.165 e. The Morgan fingerprint density at radius 1 is 1.05 bits per heavy atom. The molecule has 0 atom stereocenters. The van der Waals surface area contributed by atoms with E-state index in [1.54, 1.807) is 18.2 Å². The quantitative estimate of drug-likeness (QED) is 0.609. The summed E-state index contributed by atoms with van der Waals surface area (Å²) in [6.07, 6.45) is 0. The number of oxime groups is 1. The maximum Gasteiger partial charge on any atom is 0.165 e. The van der Waals surface area contributed by atoms with Crippen LogP contribution in [0.2, 0.25) is 0 Å². The minimum atomic E-state index is -0.396. The van der Waals surface area contributed by atoms with Crippen LogP contribution in [0.3, 0.4) is 0 Å². The molecule has 0 unspecified atom stereocenters. The summed E-state index contributed by atoms with van der Waals surface area (Å²) in [7, 11) is 1.46. The number of para-hydroxylation sites is 1. The second kappa shape index (κ2) is 6.54. The van der Waals surface area contributed by atoms with Crippen LogP contribution in [-0.4, -0.2) is 19.4 Å². The number of nitrogens with zero attached hydrogens (tertiary/aromatic N) is 1. The van der Waals surface area contributed by atoms with Gasteiger partial charge in [0.05, 0.1) is 0 Å². The molecular weight excluding hydrogens is 245 g/mol. The maximum atomic E-state index is 13.4. The molecule has 0 aliphatic carbocycles. The van der Waals surface area contributed by atoms with E-state index in [1.807, 2.05) is 30.3 Å². The predicted octanol–water partition coefficient (Wildman–Crippen LogP) is 3.26. The predicted molar refractivity (Wildman–Crippen MR) is 71.9 cm³/mol. The molecule has 2 aromatic rings. The minimum absolute atomic E-state index is 0.138. The summed E-state index contributed by atoms with van der Waals surface area (Å²) in [5.41, 5.74) is 1.48. The zero-order valence-electron chi connectivity index (χ0n) is 10.5. The van der Waals surface area contributed by atoms with Gasteiger partial charge in [-0.2, -0.15) is 0 Å². The van der Waals surface area contributed by atoms with Gasteiger partial charge in [-0.05, 0) is 12.1 Å². The SMILES string of the molecule is CO/N=C(\COc1ccccc1F)c1ccccc1. The molecule has 0 saturated heterocycles. The van der Waals surface area contributed by atoms with E-state index in [-0.39, 0.29) is 12.4 Å². The summed E-state index contributed by atoms with van der Waals surface area (Å²) in [5, 5.41) is 3.91. The fourth-order valence-corrected chi connectivity index (χ4v) is 1.61. The molecule has 0 aromatic heterocycles. The number of benzene rings is 2. The molecule has 2 rings (SSSR count). The summed E-state index contributed by atoms with van der Waals surface area (Å²) >= 11 is 0. The molecule has 2 aromatic carbocycles. The van der Waals surface area contributed by atoms with E-state index < -0.39 is 5.82 Å². The normalized spacial score (nSPS) is 11.2. The van der Waals surface area contributed by atoms with E-state index in [4.69, 9.17) is 9.57 Å². The van der Waals surface area contributed by atoms with Crippen LogP contribution in [0.15, 0.2) is 59.8 Å². The lowest BCUT2D eigenvalue weighted by Crippen LogP contribution is -2.14. The van der Waals surface area contributed by atoms with Crippen LogP contribution in [0.1, 0.15) is 5.56 Å². The fourth-order valence-electron chi connectivity index (χ4n) is 1.61. The monoisotopic (exact) mass is 259 g/mol. The molecular formula is C15H14FNO2. The molecule has 0 fully saturated rings. The van der Waals surface area contributed by atoms with Crippen LogP contribution in [-0.2, 0) is 4.84 Å². The van der Waals surface area contributed by atoms with Gasteiger partial charge in [-0.3, -0.25) is 0 Å². The molecule has 98 valence electrons. The van der Waals surface area contributed by atoms with Gasteiger partial charge in [-0.25, -0.2) is 4.39 Å². The summed E-state index contributed by atoms with van der Waals surface area (Å²) < 4.78 is 18.9. The lowest BCUT2D eigenvalue weighted by Gasteiger charge is -2.09. The second-order valence-corrected chi connectivity index (χ2v) is 3.81. The van der Waals surface area contributed by atoms with Crippen molar-refractivity contribution in [2.24, 2.45) is 5.16 Å². The van der Waals surface area contributed by atoms with Gasteiger partial charge in [-0.1, -0.05) is 47.6 Å². The summed E-state index contributed by atoms with van der Waals surface area (Å²) in [5.74, 6) is -0.199. The van der Waals surface area contributed by atoms with Gasteiger partial charge >= 0.3 is 0 Å². The summed E-state index contributed by atoms with van der Waals surface area (Å²) in [6, 6.07) is 15.7. The first-order chi connectivity index (χ1) is 9.31. The van der Waals surface area contributed by atoms with Gasteiger partial charge in [-0.15, -0.1) is 0 Å². The average molecular weight is 259 g/mol. The Morgan fingerprint density at radius 3 is 2.42 bits per heavy atom. The van der Waals surface area contributed by atoms with E-state index in [1.165, 1.54) is 13.2 Å². The van der Waals surface area contributed by atoms with Gasteiger partial charge in [0.2, 0.25) is 0 Å². The first kappa shape index (κ1) is 13.1. The van der Waals surface area contributed by atoms with Gasteiger partial charge in [0.25, 0.3) is 0 Å². The Balaban J connectivity index is 2.11. The molecule has 0 radical (unpaired) electrons. The highest BCUT2D eigenvalue weighted by Gasteiger charge is 2.07. The third kappa shape index (κ3) is 3.55. The maximum absolute atomic E-state index is 13.4. The second-order valence-electron chi connectivity index (χ2n) is 3.81. The topological polar surface area (TPSA) is 30.8 Å². The van der Waals surface area contributed by atoms with Gasteiger partial charge in [0.1, 0.15) is 19.4 Å². The van der Waals surface area contributed by atoms with Gasteiger partial charge in [0.15, 0.2) is 11.6 Å². The highest BCUT2D eigenvalue weighted by Crippen LogP contribution is 2.16. The number of hydrogen-bond donors (Lipinski definition) is 0. The zero-order valence-corrected chi connectivity index (χ0v) is 10.5. The summed E-state index contributed by atoms with van der Waals surface area (Å²) in [4.78, 5) is 4.79. The van der Waals surface area contributed by atoms with Crippen LogP contribution in [0, 0.1) is 5.82 Å². The highest BCUT2D eigenvalue weighted by atomic mass is 19.1. The molecule has 0 amide bonds. The van der Waals surface area contributed by atoms with Crippen molar-refractivity contribution >= 4 is 5.71 Å². The lowest BCUT2D eigenvalue weighted by atomic mass is 10.1. The van der Waals surface area contributed by atoms with E-state index in [0.717, 1.165) is 5.56 Å². The molecule has 0 spiro atoms. The Morgan fingerprint density at radius 2 is 1.74 bits per heavy atom. The highest BCUT2D eigenvalue weighted by molar-refractivity contribution is 6.01. The molecule has 0 aliphatic rings. The van der Waals surface area contributed by atoms with Crippen molar-refractivity contribution in [1.29, 1.82) is 0 Å². The molecule has 19 heavy (non-hydrogen) atoms. The van der Waals surface area contributed by atoms with E-state index >= 15 is 0 Å². The van der Waals surface area contributed by atoms with Crippen LogP contribution in [0.5, 0.6) is 5.75 Å². The average Bonchev–Trinajstić information content (AvgIpc) is 2.46. The fraction of sp³-hybridized carbons (Fsp3) is 0.133. The third-order valence-electron chi connectivity index (χ3n) is 2.51. The Hall–Kier alpha value is -2.36. The summed E-state index contributed by atoms with van der Waals surface area (Å²) in [6.45, 7) is 0.138. The lowest BCUT2D eigenvalue weighted by molar-refractivity contribution is 0.210.